The molecule has 0 aromatic heterocycles. The number of ether oxygens (including phenoxy) is 1. The van der Waals surface area contributed by atoms with Gasteiger partial charge in [0.05, 0.1) is 18.2 Å². The van der Waals surface area contributed by atoms with Crippen LogP contribution in [0, 0.1) is 11.3 Å². The van der Waals surface area contributed by atoms with Crippen molar-refractivity contribution in [2.75, 3.05) is 18.6 Å². The molecule has 0 aliphatic carbocycles. The van der Waals surface area contributed by atoms with Crippen LogP contribution < -0.4 is 10.2 Å². The molecule has 0 saturated heterocycles. The first kappa shape index (κ1) is 15.4. The van der Waals surface area contributed by atoms with E-state index in [0.29, 0.717) is 12.2 Å². The molecule has 0 spiro atoms. The largest absolute Gasteiger partial charge is 0.464 e. The average Bonchev–Trinajstić information content (AvgIpc) is 2.78. The second-order valence-electron chi connectivity index (χ2n) is 5.98. The number of carbonyl (C=O) groups is 1. The molecule has 0 saturated carbocycles. The Kier molecular flexibility index (Phi) is 4.24. The van der Waals surface area contributed by atoms with E-state index in [1.165, 1.54) is 11.1 Å². The van der Waals surface area contributed by atoms with Gasteiger partial charge >= 0.3 is 5.97 Å². The summed E-state index contributed by atoms with van der Waals surface area (Å²) in [5, 5.41) is 12.5. The SMILES string of the molecule is CCOC(=O)C1CCCC2=C(N1)N(C)c1cc(C#N)ccc1C2. The van der Waals surface area contributed by atoms with Crippen LogP contribution in [0.4, 0.5) is 5.69 Å². The fraction of sp³-hybridized carbons (Fsp3) is 0.444. The monoisotopic (exact) mass is 311 g/mol. The number of hydrogen-bond donors (Lipinski definition) is 1. The van der Waals surface area contributed by atoms with Gasteiger partial charge in [-0.1, -0.05) is 6.07 Å². The fourth-order valence-electron chi connectivity index (χ4n) is 3.35. The first-order valence-electron chi connectivity index (χ1n) is 8.06. The predicted octanol–water partition coefficient (Wildman–Crippen LogP) is 2.47. The topological polar surface area (TPSA) is 65.4 Å². The van der Waals surface area contributed by atoms with Crippen molar-refractivity contribution in [1.82, 2.24) is 5.32 Å². The minimum Gasteiger partial charge on any atom is -0.464 e. The summed E-state index contributed by atoms with van der Waals surface area (Å²) in [5.41, 5.74) is 4.22. The van der Waals surface area contributed by atoms with Gasteiger partial charge in [-0.3, -0.25) is 0 Å². The van der Waals surface area contributed by atoms with Crippen LogP contribution in [0.5, 0.6) is 0 Å². The number of esters is 1. The van der Waals surface area contributed by atoms with Gasteiger partial charge in [-0.25, -0.2) is 4.79 Å². The van der Waals surface area contributed by atoms with E-state index in [-0.39, 0.29) is 12.0 Å². The Morgan fingerprint density at radius 1 is 1.52 bits per heavy atom. The van der Waals surface area contributed by atoms with Crippen LogP contribution in [0.2, 0.25) is 0 Å². The Balaban J connectivity index is 1.91. The Hall–Kier alpha value is -2.48. The smallest absolute Gasteiger partial charge is 0.328 e. The molecule has 1 unspecified atom stereocenters. The van der Waals surface area contributed by atoms with E-state index in [4.69, 9.17) is 10.00 Å². The molecular formula is C18H21N3O2. The number of benzene rings is 1. The zero-order valence-corrected chi connectivity index (χ0v) is 13.6. The summed E-state index contributed by atoms with van der Waals surface area (Å²) in [7, 11) is 1.98. The highest BCUT2D eigenvalue weighted by molar-refractivity contribution is 5.77. The van der Waals surface area contributed by atoms with Gasteiger partial charge in [-0.2, -0.15) is 5.26 Å². The summed E-state index contributed by atoms with van der Waals surface area (Å²) in [6.45, 7) is 2.22. The molecule has 1 N–H and O–H groups in total. The summed E-state index contributed by atoms with van der Waals surface area (Å²) in [6, 6.07) is 7.69. The Morgan fingerprint density at radius 3 is 3.09 bits per heavy atom. The third kappa shape index (κ3) is 2.89. The van der Waals surface area contributed by atoms with Crippen LogP contribution >= 0.6 is 0 Å². The van der Waals surface area contributed by atoms with Crippen LogP contribution in [0.3, 0.4) is 0 Å². The van der Waals surface area contributed by atoms with Crippen molar-refractivity contribution in [1.29, 1.82) is 5.26 Å². The Bertz CT molecular complexity index is 703. The number of anilines is 1. The standard InChI is InChI=1S/C18H21N3O2/c1-3-23-18(22)15-6-4-5-14-10-13-8-7-12(11-19)9-16(13)21(2)17(14)20-15/h7-9,15,20H,3-6,10H2,1-2H3. The molecule has 2 aliphatic heterocycles. The number of nitrogens with zero attached hydrogens (tertiary/aromatic N) is 2. The number of hydrogen-bond acceptors (Lipinski definition) is 5. The molecule has 120 valence electrons. The van der Waals surface area contributed by atoms with E-state index >= 15 is 0 Å². The lowest BCUT2D eigenvalue weighted by Crippen LogP contribution is -2.42. The van der Waals surface area contributed by atoms with Gasteiger partial charge in [0.25, 0.3) is 0 Å². The molecule has 1 atom stereocenters. The Labute approximate surface area is 136 Å². The van der Waals surface area contributed by atoms with Gasteiger partial charge in [-0.15, -0.1) is 0 Å². The van der Waals surface area contributed by atoms with E-state index in [0.717, 1.165) is 37.2 Å². The predicted molar refractivity (Wildman–Crippen MR) is 87.7 cm³/mol. The van der Waals surface area contributed by atoms with Crippen molar-refractivity contribution >= 4 is 11.7 Å². The van der Waals surface area contributed by atoms with Gasteiger partial charge in [-0.05, 0) is 55.9 Å². The maximum Gasteiger partial charge on any atom is 0.328 e. The van der Waals surface area contributed by atoms with Crippen LogP contribution in [-0.4, -0.2) is 25.7 Å². The van der Waals surface area contributed by atoms with E-state index in [9.17, 15) is 4.79 Å². The maximum atomic E-state index is 12.1. The average molecular weight is 311 g/mol. The summed E-state index contributed by atoms with van der Waals surface area (Å²) < 4.78 is 5.17. The highest BCUT2D eigenvalue weighted by Gasteiger charge is 2.30. The number of nitrogens with one attached hydrogen (secondary N) is 1. The van der Waals surface area contributed by atoms with E-state index in [2.05, 4.69) is 16.3 Å². The fourth-order valence-corrected chi connectivity index (χ4v) is 3.35. The van der Waals surface area contributed by atoms with Crippen molar-refractivity contribution in [3.05, 3.63) is 40.7 Å². The van der Waals surface area contributed by atoms with Crippen molar-refractivity contribution in [2.24, 2.45) is 0 Å². The molecule has 5 heteroatoms. The van der Waals surface area contributed by atoms with Crippen LogP contribution in [0.15, 0.2) is 29.6 Å². The van der Waals surface area contributed by atoms with Gasteiger partial charge in [0.15, 0.2) is 0 Å². The normalized spacial score (nSPS) is 19.9. The lowest BCUT2D eigenvalue weighted by molar-refractivity contribution is -0.145. The third-order valence-electron chi connectivity index (χ3n) is 4.50. The molecule has 2 aliphatic rings. The first-order chi connectivity index (χ1) is 11.1. The molecule has 5 nitrogen and oxygen atoms in total. The van der Waals surface area contributed by atoms with Crippen molar-refractivity contribution in [3.63, 3.8) is 0 Å². The zero-order valence-electron chi connectivity index (χ0n) is 13.6. The highest BCUT2D eigenvalue weighted by Crippen LogP contribution is 2.35. The first-order valence-corrected chi connectivity index (χ1v) is 8.06. The summed E-state index contributed by atoms with van der Waals surface area (Å²) in [6.07, 6.45) is 3.58. The maximum absolute atomic E-state index is 12.1. The molecule has 0 amide bonds. The quantitative estimate of drug-likeness (QED) is 0.850. The van der Waals surface area contributed by atoms with Gasteiger partial charge in [0.2, 0.25) is 0 Å². The van der Waals surface area contributed by atoms with Gasteiger partial charge in [0.1, 0.15) is 11.9 Å². The molecule has 1 aromatic carbocycles. The van der Waals surface area contributed by atoms with Gasteiger partial charge in [0, 0.05) is 12.7 Å². The summed E-state index contributed by atoms with van der Waals surface area (Å²) >= 11 is 0. The van der Waals surface area contributed by atoms with E-state index in [1.54, 1.807) is 0 Å². The van der Waals surface area contributed by atoms with Crippen molar-refractivity contribution in [3.8, 4) is 6.07 Å². The molecule has 0 bridgehead atoms. The zero-order chi connectivity index (χ0) is 16.4. The second kappa shape index (κ2) is 6.33. The molecule has 0 fully saturated rings. The van der Waals surface area contributed by atoms with E-state index < -0.39 is 0 Å². The van der Waals surface area contributed by atoms with Crippen LogP contribution in [0.25, 0.3) is 0 Å². The lowest BCUT2D eigenvalue weighted by Gasteiger charge is -2.33. The summed E-state index contributed by atoms with van der Waals surface area (Å²) in [5.74, 6) is 0.800. The summed E-state index contributed by atoms with van der Waals surface area (Å²) in [4.78, 5) is 14.2. The molecular weight excluding hydrogens is 290 g/mol. The number of rotatable bonds is 2. The highest BCUT2D eigenvalue weighted by atomic mass is 16.5. The number of allylic oxidation sites excluding steroid dienone is 1. The molecule has 3 rings (SSSR count). The van der Waals surface area contributed by atoms with Crippen LogP contribution in [0.1, 0.15) is 37.3 Å². The second-order valence-corrected chi connectivity index (χ2v) is 5.98. The van der Waals surface area contributed by atoms with Crippen LogP contribution in [-0.2, 0) is 16.0 Å². The third-order valence-corrected chi connectivity index (χ3v) is 4.50. The lowest BCUT2D eigenvalue weighted by atomic mass is 9.94. The molecule has 1 aromatic rings. The van der Waals surface area contributed by atoms with Crippen molar-refractivity contribution < 1.29 is 9.53 Å². The van der Waals surface area contributed by atoms with Crippen molar-refractivity contribution in [2.45, 2.75) is 38.6 Å². The number of carbonyl (C=O) groups excluding carboxylic acids is 1. The Morgan fingerprint density at radius 2 is 2.35 bits per heavy atom. The minimum absolute atomic E-state index is 0.189. The molecule has 0 radical (unpaired) electrons. The minimum atomic E-state index is -0.300. The molecule has 2 heterocycles. The molecule has 23 heavy (non-hydrogen) atoms. The van der Waals surface area contributed by atoms with E-state index in [1.807, 2.05) is 32.2 Å². The number of nitriles is 1. The number of fused-ring (bicyclic) bond motifs is 1. The van der Waals surface area contributed by atoms with Gasteiger partial charge < -0.3 is 15.0 Å².